The van der Waals surface area contributed by atoms with E-state index in [9.17, 15) is 4.79 Å². The molecule has 0 aliphatic rings. The zero-order chi connectivity index (χ0) is 17.4. The number of carbonyl (C=O) groups is 1. The molecule has 4 aromatic rings. The number of amides is 1. The van der Waals surface area contributed by atoms with Crippen LogP contribution < -0.4 is 10.6 Å². The first kappa shape index (κ1) is 15.7. The molecule has 2 aromatic carbocycles. The number of aryl methyl sites for hydroxylation is 1. The van der Waals surface area contributed by atoms with Crippen LogP contribution in [0.15, 0.2) is 52.9 Å². The van der Waals surface area contributed by atoms with Crippen LogP contribution >= 0.6 is 23.6 Å². The van der Waals surface area contributed by atoms with Crippen LogP contribution in [0, 0.1) is 6.92 Å². The normalized spacial score (nSPS) is 10.9. The number of anilines is 1. The number of thiocarbonyl (C=S) groups is 1. The van der Waals surface area contributed by atoms with Crippen molar-refractivity contribution in [3.05, 3.63) is 59.9 Å². The Morgan fingerprint density at radius 2 is 1.92 bits per heavy atom. The predicted molar refractivity (Wildman–Crippen MR) is 104 cm³/mol. The monoisotopic (exact) mass is 367 g/mol. The van der Waals surface area contributed by atoms with E-state index in [-0.39, 0.29) is 16.8 Å². The molecule has 0 bridgehead atoms. The van der Waals surface area contributed by atoms with Gasteiger partial charge in [0.1, 0.15) is 5.58 Å². The number of nitrogens with one attached hydrogen (secondary N) is 2. The minimum atomic E-state index is -0.382. The number of hydrogen-bond donors (Lipinski definition) is 2. The molecule has 5 nitrogen and oxygen atoms in total. The molecule has 2 aromatic heterocycles. The van der Waals surface area contributed by atoms with Gasteiger partial charge in [-0.2, -0.15) is 0 Å². The predicted octanol–water partition coefficient (Wildman–Crippen LogP) is 4.48. The lowest BCUT2D eigenvalue weighted by atomic mass is 10.1. The van der Waals surface area contributed by atoms with Gasteiger partial charge in [-0.3, -0.25) is 10.1 Å². The molecule has 0 fully saturated rings. The Morgan fingerprint density at radius 1 is 1.16 bits per heavy atom. The van der Waals surface area contributed by atoms with Crippen molar-refractivity contribution in [1.29, 1.82) is 0 Å². The van der Waals surface area contributed by atoms with E-state index in [0.717, 1.165) is 21.2 Å². The first-order valence-corrected chi connectivity index (χ1v) is 8.80. The quantitative estimate of drug-likeness (QED) is 0.512. The molecular weight excluding hydrogens is 354 g/mol. The van der Waals surface area contributed by atoms with Gasteiger partial charge in [0.2, 0.25) is 0 Å². The molecule has 7 heteroatoms. The maximum Gasteiger partial charge on any atom is 0.293 e. The summed E-state index contributed by atoms with van der Waals surface area (Å²) in [6.07, 6.45) is 0. The minimum Gasteiger partial charge on any atom is -0.451 e. The number of nitrogens with zero attached hydrogens (tertiary/aromatic N) is 1. The number of fused-ring (bicyclic) bond motifs is 2. The summed E-state index contributed by atoms with van der Waals surface area (Å²) in [7, 11) is 0. The van der Waals surface area contributed by atoms with Crippen molar-refractivity contribution in [2.75, 3.05) is 5.32 Å². The molecule has 2 N–H and O–H groups in total. The lowest BCUT2D eigenvalue weighted by molar-refractivity contribution is 0.0952. The number of para-hydroxylation sites is 2. The smallest absolute Gasteiger partial charge is 0.293 e. The zero-order valence-electron chi connectivity index (χ0n) is 13.2. The molecular formula is C18H13N3O2S2. The molecule has 1 amide bonds. The molecule has 0 aliphatic heterocycles. The Balaban J connectivity index is 1.51. The van der Waals surface area contributed by atoms with E-state index in [1.165, 1.54) is 11.3 Å². The van der Waals surface area contributed by atoms with Crippen molar-refractivity contribution in [1.82, 2.24) is 10.3 Å². The summed E-state index contributed by atoms with van der Waals surface area (Å²) in [6, 6.07) is 15.3. The van der Waals surface area contributed by atoms with Gasteiger partial charge in [0.25, 0.3) is 5.91 Å². The van der Waals surface area contributed by atoms with Gasteiger partial charge < -0.3 is 9.73 Å². The van der Waals surface area contributed by atoms with E-state index in [1.54, 1.807) is 0 Å². The zero-order valence-corrected chi connectivity index (χ0v) is 14.8. The van der Waals surface area contributed by atoms with Crippen LogP contribution in [0.2, 0.25) is 0 Å². The Hall–Kier alpha value is -2.77. The third-order valence-electron chi connectivity index (χ3n) is 3.79. The Bertz CT molecular complexity index is 1080. The van der Waals surface area contributed by atoms with Gasteiger partial charge >= 0.3 is 0 Å². The molecule has 4 rings (SSSR count). The first-order chi connectivity index (χ1) is 12.1. The van der Waals surface area contributed by atoms with E-state index in [0.29, 0.717) is 10.7 Å². The molecule has 0 saturated carbocycles. The Labute approximate surface area is 152 Å². The van der Waals surface area contributed by atoms with Crippen LogP contribution in [0.3, 0.4) is 0 Å². The Kier molecular flexibility index (Phi) is 3.95. The summed E-state index contributed by atoms with van der Waals surface area (Å²) in [5.41, 5.74) is 2.35. The Morgan fingerprint density at radius 3 is 2.72 bits per heavy atom. The standard InChI is InChI=1S/C18H13N3O2S2/c1-10-11-6-2-4-8-13(11)23-15(10)16(22)20-17(24)21-18-19-12-7-3-5-9-14(12)25-18/h2-9H,1H3,(H2,19,20,21,22,24). The lowest BCUT2D eigenvalue weighted by Gasteiger charge is -2.05. The van der Waals surface area contributed by atoms with Gasteiger partial charge in [-0.15, -0.1) is 0 Å². The minimum absolute atomic E-state index is 0.184. The second-order valence-corrected chi connectivity index (χ2v) is 6.89. The van der Waals surface area contributed by atoms with Crippen molar-refractivity contribution in [2.45, 2.75) is 6.92 Å². The van der Waals surface area contributed by atoms with Crippen molar-refractivity contribution < 1.29 is 9.21 Å². The molecule has 0 radical (unpaired) electrons. The van der Waals surface area contributed by atoms with E-state index in [1.807, 2.05) is 55.5 Å². The highest BCUT2D eigenvalue weighted by atomic mass is 32.1. The van der Waals surface area contributed by atoms with Crippen LogP contribution in [0.4, 0.5) is 5.13 Å². The van der Waals surface area contributed by atoms with E-state index in [4.69, 9.17) is 16.6 Å². The molecule has 0 aliphatic carbocycles. The summed E-state index contributed by atoms with van der Waals surface area (Å²) >= 11 is 6.69. The molecule has 25 heavy (non-hydrogen) atoms. The largest absolute Gasteiger partial charge is 0.451 e. The van der Waals surface area contributed by atoms with E-state index >= 15 is 0 Å². The van der Waals surface area contributed by atoms with Crippen molar-refractivity contribution in [3.8, 4) is 0 Å². The molecule has 0 unspecified atom stereocenters. The number of thiazole rings is 1. The second-order valence-electron chi connectivity index (χ2n) is 5.45. The van der Waals surface area contributed by atoms with Crippen molar-refractivity contribution >= 4 is 60.9 Å². The number of furan rings is 1. The summed E-state index contributed by atoms with van der Waals surface area (Å²) in [5, 5.41) is 7.33. The number of carbonyl (C=O) groups excluding carboxylic acids is 1. The average Bonchev–Trinajstić information content (AvgIpc) is 3.15. The van der Waals surface area contributed by atoms with Crippen LogP contribution in [0.25, 0.3) is 21.2 Å². The summed E-state index contributed by atoms with van der Waals surface area (Å²) < 4.78 is 6.70. The summed E-state index contributed by atoms with van der Waals surface area (Å²) in [5.74, 6) is -0.123. The molecule has 2 heterocycles. The topological polar surface area (TPSA) is 67.2 Å². The highest BCUT2D eigenvalue weighted by molar-refractivity contribution is 7.80. The van der Waals surface area contributed by atoms with Crippen LogP contribution in [-0.4, -0.2) is 16.0 Å². The summed E-state index contributed by atoms with van der Waals surface area (Å²) in [6.45, 7) is 1.85. The third-order valence-corrected chi connectivity index (χ3v) is 4.95. The SMILES string of the molecule is Cc1c(C(=O)NC(=S)Nc2nc3ccccc3s2)oc2ccccc12. The lowest BCUT2D eigenvalue weighted by Crippen LogP contribution is -2.34. The summed E-state index contributed by atoms with van der Waals surface area (Å²) in [4.78, 5) is 16.9. The average molecular weight is 367 g/mol. The third kappa shape index (κ3) is 2.99. The maximum atomic E-state index is 12.5. The fourth-order valence-corrected chi connectivity index (χ4v) is 3.73. The van der Waals surface area contributed by atoms with E-state index < -0.39 is 0 Å². The fourth-order valence-electron chi connectivity index (χ4n) is 2.60. The van der Waals surface area contributed by atoms with Gasteiger partial charge in [0.15, 0.2) is 16.0 Å². The van der Waals surface area contributed by atoms with Crippen LogP contribution in [0.1, 0.15) is 16.1 Å². The van der Waals surface area contributed by atoms with Gasteiger partial charge in [-0.1, -0.05) is 41.7 Å². The molecule has 124 valence electrons. The van der Waals surface area contributed by atoms with Crippen molar-refractivity contribution in [2.24, 2.45) is 0 Å². The molecule has 0 atom stereocenters. The number of aromatic nitrogens is 1. The fraction of sp³-hybridized carbons (Fsp3) is 0.0556. The first-order valence-electron chi connectivity index (χ1n) is 7.58. The number of hydrogen-bond acceptors (Lipinski definition) is 5. The highest BCUT2D eigenvalue weighted by Gasteiger charge is 2.18. The molecule has 0 spiro atoms. The highest BCUT2D eigenvalue weighted by Crippen LogP contribution is 2.26. The van der Waals surface area contributed by atoms with E-state index in [2.05, 4.69) is 15.6 Å². The van der Waals surface area contributed by atoms with Gasteiger partial charge in [-0.05, 0) is 37.3 Å². The second kappa shape index (κ2) is 6.27. The van der Waals surface area contributed by atoms with Crippen molar-refractivity contribution in [3.63, 3.8) is 0 Å². The van der Waals surface area contributed by atoms with Gasteiger partial charge in [0, 0.05) is 10.9 Å². The maximum absolute atomic E-state index is 12.5. The number of benzene rings is 2. The molecule has 0 saturated heterocycles. The number of rotatable bonds is 2. The van der Waals surface area contributed by atoms with Gasteiger partial charge in [0.05, 0.1) is 10.2 Å². The van der Waals surface area contributed by atoms with Gasteiger partial charge in [-0.25, -0.2) is 4.98 Å². The van der Waals surface area contributed by atoms with Crippen LogP contribution in [-0.2, 0) is 0 Å². The van der Waals surface area contributed by atoms with Crippen LogP contribution in [0.5, 0.6) is 0 Å².